The maximum Gasteiger partial charge on any atom is 0.294 e. The molecule has 0 spiro atoms. The van der Waals surface area contributed by atoms with E-state index in [1.54, 1.807) is 6.07 Å². The molecule has 8 heteroatoms. The Balaban J connectivity index is 2.64. The number of Topliss-reactive ketones (excluding diaryl/α,β-unsaturated/α-hetero) is 1. The molecule has 1 unspecified atom stereocenters. The Morgan fingerprint density at radius 1 is 1.24 bits per heavy atom. The Hall–Kier alpha value is -0.960. The lowest BCUT2D eigenvalue weighted by Gasteiger charge is -2.08. The molecule has 0 bridgehead atoms. The molecule has 21 heavy (non-hydrogen) atoms. The molecule has 0 fully saturated rings. The Bertz CT molecular complexity index is 817. The number of benzene rings is 2. The zero-order valence-electron chi connectivity index (χ0n) is 10.5. The molecule has 2 aromatic rings. The molecule has 0 aliphatic heterocycles. The second-order valence-electron chi connectivity index (χ2n) is 4.34. The molecular weight excluding hydrogens is 428 g/mol. The van der Waals surface area contributed by atoms with E-state index < -0.39 is 19.8 Å². The van der Waals surface area contributed by atoms with Crippen LogP contribution >= 0.6 is 31.9 Å². The van der Waals surface area contributed by atoms with Crippen LogP contribution in [0.2, 0.25) is 0 Å². The van der Waals surface area contributed by atoms with Crippen LogP contribution in [0.5, 0.6) is 5.75 Å². The minimum Gasteiger partial charge on any atom is -0.507 e. The van der Waals surface area contributed by atoms with Crippen LogP contribution in [-0.2, 0) is 10.1 Å². The Morgan fingerprint density at radius 2 is 1.90 bits per heavy atom. The first-order valence-corrected chi connectivity index (χ1v) is 9.20. The van der Waals surface area contributed by atoms with E-state index in [-0.39, 0.29) is 11.5 Å². The van der Waals surface area contributed by atoms with E-state index in [2.05, 4.69) is 31.9 Å². The van der Waals surface area contributed by atoms with Gasteiger partial charge in [-0.05, 0) is 23.6 Å². The zero-order chi connectivity index (χ0) is 15.8. The number of hydrogen-bond donors (Lipinski definition) is 2. The standard InChI is InChI=1S/C13H10Br2O5S/c14-6-11(15)13(17)7-1-2-10-8(3-7)4-9(5-12(10)16)21(18,19)20/h1-5,11,16H,6H2,(H,18,19,20). The van der Waals surface area contributed by atoms with Crippen molar-refractivity contribution in [2.24, 2.45) is 0 Å². The Kier molecular flexibility index (Phi) is 4.72. The number of halogens is 2. The fourth-order valence-electron chi connectivity index (χ4n) is 1.88. The summed E-state index contributed by atoms with van der Waals surface area (Å²) in [6.45, 7) is 0. The molecule has 0 heterocycles. The number of ketones is 1. The summed E-state index contributed by atoms with van der Waals surface area (Å²) in [5, 5.41) is 11.0. The Morgan fingerprint density at radius 3 is 2.48 bits per heavy atom. The molecule has 0 saturated heterocycles. The molecular formula is C13H10Br2O5S. The van der Waals surface area contributed by atoms with E-state index >= 15 is 0 Å². The van der Waals surface area contributed by atoms with Crippen LogP contribution in [-0.4, -0.2) is 34.0 Å². The number of carbonyl (C=O) groups is 1. The van der Waals surface area contributed by atoms with Crippen LogP contribution in [0.25, 0.3) is 10.8 Å². The molecule has 2 aromatic carbocycles. The van der Waals surface area contributed by atoms with Crippen molar-refractivity contribution in [1.29, 1.82) is 0 Å². The highest BCUT2D eigenvalue weighted by Gasteiger charge is 2.18. The van der Waals surface area contributed by atoms with Crippen LogP contribution in [0, 0.1) is 0 Å². The molecule has 1 atom stereocenters. The predicted molar refractivity (Wildman–Crippen MR) is 86.3 cm³/mol. The first kappa shape index (κ1) is 16.4. The summed E-state index contributed by atoms with van der Waals surface area (Å²) in [7, 11) is -4.43. The summed E-state index contributed by atoms with van der Waals surface area (Å²) >= 11 is 6.41. The fourth-order valence-corrected chi connectivity index (χ4v) is 2.97. The van der Waals surface area contributed by atoms with Crippen LogP contribution in [0.4, 0.5) is 0 Å². The monoisotopic (exact) mass is 436 g/mol. The molecule has 5 nitrogen and oxygen atoms in total. The summed E-state index contributed by atoms with van der Waals surface area (Å²) in [6, 6.07) is 6.72. The summed E-state index contributed by atoms with van der Waals surface area (Å²) < 4.78 is 31.4. The molecule has 2 rings (SSSR count). The maximum atomic E-state index is 12.1. The average molecular weight is 438 g/mol. The van der Waals surface area contributed by atoms with Crippen molar-refractivity contribution in [3.63, 3.8) is 0 Å². The number of fused-ring (bicyclic) bond motifs is 1. The lowest BCUT2D eigenvalue weighted by Crippen LogP contribution is -2.15. The van der Waals surface area contributed by atoms with Gasteiger partial charge in [0.1, 0.15) is 5.75 Å². The topological polar surface area (TPSA) is 91.7 Å². The number of phenols is 1. The quantitative estimate of drug-likeness (QED) is 0.435. The number of carbonyl (C=O) groups excluding carboxylic acids is 1. The van der Waals surface area contributed by atoms with Gasteiger partial charge in [0.15, 0.2) is 5.78 Å². The van der Waals surface area contributed by atoms with Gasteiger partial charge in [-0.25, -0.2) is 0 Å². The number of hydrogen-bond acceptors (Lipinski definition) is 4. The van der Waals surface area contributed by atoms with Gasteiger partial charge in [-0.1, -0.05) is 37.9 Å². The van der Waals surface area contributed by atoms with Crippen LogP contribution in [0.1, 0.15) is 10.4 Å². The largest absolute Gasteiger partial charge is 0.507 e. The van der Waals surface area contributed by atoms with Gasteiger partial charge in [0.05, 0.1) is 9.72 Å². The molecule has 0 aliphatic carbocycles. The third-order valence-corrected chi connectivity index (χ3v) is 5.99. The van der Waals surface area contributed by atoms with Crippen molar-refractivity contribution < 1.29 is 22.9 Å². The molecule has 0 radical (unpaired) electrons. The third-order valence-electron chi connectivity index (χ3n) is 2.91. The van der Waals surface area contributed by atoms with Gasteiger partial charge in [0.2, 0.25) is 0 Å². The van der Waals surface area contributed by atoms with Gasteiger partial charge in [-0.2, -0.15) is 8.42 Å². The first-order valence-electron chi connectivity index (χ1n) is 5.72. The number of aromatic hydroxyl groups is 1. The first-order chi connectivity index (χ1) is 9.74. The van der Waals surface area contributed by atoms with E-state index in [1.807, 2.05) is 0 Å². The zero-order valence-corrected chi connectivity index (χ0v) is 14.4. The summed E-state index contributed by atoms with van der Waals surface area (Å²) in [4.78, 5) is 11.2. The highest BCUT2D eigenvalue weighted by molar-refractivity contribution is 9.12. The van der Waals surface area contributed by atoms with Crippen LogP contribution < -0.4 is 0 Å². The highest BCUT2D eigenvalue weighted by Crippen LogP contribution is 2.30. The lowest BCUT2D eigenvalue weighted by molar-refractivity contribution is 0.0997. The van der Waals surface area contributed by atoms with Crippen molar-refractivity contribution in [2.45, 2.75) is 9.72 Å². The van der Waals surface area contributed by atoms with Gasteiger partial charge in [-0.3, -0.25) is 9.35 Å². The minimum atomic E-state index is -4.43. The summed E-state index contributed by atoms with van der Waals surface area (Å²) in [5.41, 5.74) is 0.371. The summed E-state index contributed by atoms with van der Waals surface area (Å²) in [6.07, 6.45) is 0. The molecule has 2 N–H and O–H groups in total. The highest BCUT2D eigenvalue weighted by atomic mass is 79.9. The van der Waals surface area contributed by atoms with E-state index in [9.17, 15) is 18.3 Å². The van der Waals surface area contributed by atoms with E-state index in [0.29, 0.717) is 21.7 Å². The number of alkyl halides is 2. The second-order valence-corrected chi connectivity index (χ2v) is 7.51. The van der Waals surface area contributed by atoms with Gasteiger partial charge < -0.3 is 5.11 Å². The SMILES string of the molecule is O=C(c1ccc2c(O)cc(S(=O)(=O)O)cc2c1)C(Br)CBr. The van der Waals surface area contributed by atoms with Crippen LogP contribution in [0.15, 0.2) is 35.2 Å². The fraction of sp³-hybridized carbons (Fsp3) is 0.154. The van der Waals surface area contributed by atoms with Gasteiger partial charge in [0, 0.05) is 22.3 Å². The number of phenolic OH excluding ortho intramolecular Hbond substituents is 1. The van der Waals surface area contributed by atoms with Gasteiger partial charge >= 0.3 is 0 Å². The van der Waals surface area contributed by atoms with Gasteiger partial charge in [0.25, 0.3) is 10.1 Å². The minimum absolute atomic E-state index is 0.175. The van der Waals surface area contributed by atoms with Crippen LogP contribution in [0.3, 0.4) is 0 Å². The summed E-state index contributed by atoms with van der Waals surface area (Å²) in [5.74, 6) is -0.458. The molecule has 0 saturated carbocycles. The van der Waals surface area contributed by atoms with Crippen molar-refractivity contribution in [1.82, 2.24) is 0 Å². The van der Waals surface area contributed by atoms with E-state index in [4.69, 9.17) is 4.55 Å². The number of rotatable bonds is 4. The van der Waals surface area contributed by atoms with E-state index in [1.165, 1.54) is 18.2 Å². The van der Waals surface area contributed by atoms with Crippen molar-refractivity contribution in [3.8, 4) is 5.75 Å². The molecule has 0 aromatic heterocycles. The molecule has 112 valence electrons. The normalized spacial score (nSPS) is 13.3. The van der Waals surface area contributed by atoms with Crippen molar-refractivity contribution in [2.75, 3.05) is 5.33 Å². The van der Waals surface area contributed by atoms with Gasteiger partial charge in [-0.15, -0.1) is 0 Å². The second kappa shape index (κ2) is 6.04. The predicted octanol–water partition coefficient (Wildman–Crippen LogP) is 3.13. The lowest BCUT2D eigenvalue weighted by atomic mass is 10.0. The molecule has 0 amide bonds. The average Bonchev–Trinajstić information content (AvgIpc) is 2.44. The maximum absolute atomic E-state index is 12.1. The van der Waals surface area contributed by atoms with Crippen molar-refractivity contribution in [3.05, 3.63) is 35.9 Å². The van der Waals surface area contributed by atoms with E-state index in [0.717, 1.165) is 6.07 Å². The third kappa shape index (κ3) is 3.45. The smallest absolute Gasteiger partial charge is 0.294 e. The molecule has 0 aliphatic rings. The Labute approximate surface area is 138 Å². The van der Waals surface area contributed by atoms with Crippen molar-refractivity contribution >= 4 is 58.5 Å².